The first kappa shape index (κ1) is 16.2. The van der Waals surface area contributed by atoms with Crippen molar-refractivity contribution in [2.45, 2.75) is 23.1 Å². The van der Waals surface area contributed by atoms with Crippen LogP contribution < -0.4 is 10.0 Å². The van der Waals surface area contributed by atoms with Crippen LogP contribution >= 0.6 is 0 Å². The highest BCUT2D eigenvalue weighted by molar-refractivity contribution is 7.89. The standard InChI is InChI=1S/C12H15F3N2O3S/c13-12(14,15)9-2-1-3-10(6-9)21(19,20)17-8-11(18)4-5-16-7-11/h1-3,6,16-18H,4-5,7-8H2. The van der Waals surface area contributed by atoms with Crippen molar-refractivity contribution in [1.82, 2.24) is 10.0 Å². The molecule has 0 spiro atoms. The maximum absolute atomic E-state index is 12.6. The molecular weight excluding hydrogens is 309 g/mol. The van der Waals surface area contributed by atoms with E-state index >= 15 is 0 Å². The molecule has 1 heterocycles. The highest BCUT2D eigenvalue weighted by atomic mass is 32.2. The molecule has 1 unspecified atom stereocenters. The Kier molecular flexibility index (Phi) is 4.29. The van der Waals surface area contributed by atoms with Gasteiger partial charge < -0.3 is 10.4 Å². The predicted molar refractivity (Wildman–Crippen MR) is 69.1 cm³/mol. The summed E-state index contributed by atoms with van der Waals surface area (Å²) in [5.74, 6) is 0. The molecule has 0 saturated carbocycles. The lowest BCUT2D eigenvalue weighted by Crippen LogP contribution is -2.44. The van der Waals surface area contributed by atoms with Crippen LogP contribution in [-0.2, 0) is 16.2 Å². The number of hydrogen-bond donors (Lipinski definition) is 3. The number of benzene rings is 1. The number of rotatable bonds is 4. The fourth-order valence-electron chi connectivity index (χ4n) is 2.03. The summed E-state index contributed by atoms with van der Waals surface area (Å²) in [5, 5.41) is 12.9. The van der Waals surface area contributed by atoms with E-state index in [4.69, 9.17) is 0 Å². The normalized spacial score (nSPS) is 23.4. The number of sulfonamides is 1. The second kappa shape index (κ2) is 5.56. The number of halogens is 3. The molecular formula is C12H15F3N2O3S. The van der Waals surface area contributed by atoms with Crippen LogP contribution in [0.25, 0.3) is 0 Å². The number of nitrogens with one attached hydrogen (secondary N) is 2. The van der Waals surface area contributed by atoms with Crippen LogP contribution in [0.4, 0.5) is 13.2 Å². The molecule has 0 bridgehead atoms. The summed E-state index contributed by atoms with van der Waals surface area (Å²) in [6, 6.07) is 3.48. The van der Waals surface area contributed by atoms with Crippen molar-refractivity contribution >= 4 is 10.0 Å². The number of hydrogen-bond acceptors (Lipinski definition) is 4. The van der Waals surface area contributed by atoms with Gasteiger partial charge in [0.15, 0.2) is 0 Å². The zero-order valence-electron chi connectivity index (χ0n) is 10.9. The van der Waals surface area contributed by atoms with Gasteiger partial charge in [0.05, 0.1) is 16.1 Å². The third kappa shape index (κ3) is 3.94. The summed E-state index contributed by atoms with van der Waals surface area (Å²) in [6.45, 7) is 0.540. The first-order chi connectivity index (χ1) is 9.62. The van der Waals surface area contributed by atoms with Crippen LogP contribution in [0.5, 0.6) is 0 Å². The Hall–Kier alpha value is -1.16. The fraction of sp³-hybridized carbons (Fsp3) is 0.500. The minimum atomic E-state index is -4.61. The molecule has 1 saturated heterocycles. The summed E-state index contributed by atoms with van der Waals surface area (Å²) in [6.07, 6.45) is -4.24. The Bertz CT molecular complexity index is 610. The van der Waals surface area contributed by atoms with Crippen LogP contribution in [0.2, 0.25) is 0 Å². The second-order valence-corrected chi connectivity index (χ2v) is 6.77. The van der Waals surface area contributed by atoms with Gasteiger partial charge in [0.1, 0.15) is 0 Å². The second-order valence-electron chi connectivity index (χ2n) is 5.00. The van der Waals surface area contributed by atoms with Gasteiger partial charge in [0, 0.05) is 13.1 Å². The van der Waals surface area contributed by atoms with Crippen molar-refractivity contribution in [2.24, 2.45) is 0 Å². The minimum absolute atomic E-state index is 0.234. The van der Waals surface area contributed by atoms with E-state index in [1.807, 2.05) is 0 Å². The number of aliphatic hydroxyl groups is 1. The molecule has 1 aromatic carbocycles. The molecule has 1 fully saturated rings. The molecule has 0 radical (unpaired) electrons. The first-order valence-electron chi connectivity index (χ1n) is 6.22. The van der Waals surface area contributed by atoms with E-state index in [-0.39, 0.29) is 13.1 Å². The molecule has 21 heavy (non-hydrogen) atoms. The smallest absolute Gasteiger partial charge is 0.387 e. The topological polar surface area (TPSA) is 78.4 Å². The van der Waals surface area contributed by atoms with Crippen LogP contribution in [0.3, 0.4) is 0 Å². The van der Waals surface area contributed by atoms with E-state index in [1.165, 1.54) is 0 Å². The van der Waals surface area contributed by atoms with Gasteiger partial charge >= 0.3 is 6.18 Å². The maximum Gasteiger partial charge on any atom is 0.416 e. The van der Waals surface area contributed by atoms with Crippen LogP contribution in [-0.4, -0.2) is 38.8 Å². The molecule has 118 valence electrons. The summed E-state index contributed by atoms with van der Waals surface area (Å²) in [7, 11) is -4.11. The summed E-state index contributed by atoms with van der Waals surface area (Å²) in [5.41, 5.74) is -2.25. The highest BCUT2D eigenvalue weighted by Crippen LogP contribution is 2.30. The summed E-state index contributed by atoms with van der Waals surface area (Å²) in [4.78, 5) is -0.480. The molecule has 3 N–H and O–H groups in total. The van der Waals surface area contributed by atoms with Gasteiger partial charge in [0.25, 0.3) is 0 Å². The lowest BCUT2D eigenvalue weighted by atomic mass is 10.1. The van der Waals surface area contributed by atoms with E-state index in [0.29, 0.717) is 19.0 Å². The van der Waals surface area contributed by atoms with E-state index in [0.717, 1.165) is 18.2 Å². The molecule has 1 aromatic rings. The monoisotopic (exact) mass is 324 g/mol. The summed E-state index contributed by atoms with van der Waals surface area (Å²) < 4.78 is 63.9. The Morgan fingerprint density at radius 2 is 2.10 bits per heavy atom. The van der Waals surface area contributed by atoms with Crippen molar-refractivity contribution in [3.8, 4) is 0 Å². The van der Waals surface area contributed by atoms with Crippen molar-refractivity contribution in [3.63, 3.8) is 0 Å². The lowest BCUT2D eigenvalue weighted by molar-refractivity contribution is -0.137. The molecule has 0 aliphatic carbocycles. The molecule has 0 amide bonds. The van der Waals surface area contributed by atoms with E-state index < -0.39 is 32.3 Å². The van der Waals surface area contributed by atoms with Crippen molar-refractivity contribution in [1.29, 1.82) is 0 Å². The van der Waals surface area contributed by atoms with E-state index in [2.05, 4.69) is 10.0 Å². The average Bonchev–Trinajstić information content (AvgIpc) is 2.84. The molecule has 1 atom stereocenters. The van der Waals surface area contributed by atoms with Gasteiger partial charge in [-0.15, -0.1) is 0 Å². The van der Waals surface area contributed by atoms with Crippen LogP contribution in [0.15, 0.2) is 29.2 Å². The Labute approximate surface area is 120 Å². The molecule has 9 heteroatoms. The van der Waals surface area contributed by atoms with Crippen molar-refractivity contribution in [2.75, 3.05) is 19.6 Å². The van der Waals surface area contributed by atoms with Gasteiger partial charge in [0.2, 0.25) is 10.0 Å². The Morgan fingerprint density at radius 1 is 1.38 bits per heavy atom. The summed E-state index contributed by atoms with van der Waals surface area (Å²) >= 11 is 0. The number of β-amino-alcohol motifs (C(OH)–C–C–N with tert-alkyl or cyclic N) is 1. The van der Waals surface area contributed by atoms with E-state index in [9.17, 15) is 26.7 Å². The third-order valence-corrected chi connectivity index (χ3v) is 4.68. The zero-order chi connectivity index (χ0) is 15.7. The SMILES string of the molecule is O=S(=O)(NCC1(O)CCNC1)c1cccc(C(F)(F)F)c1. The molecule has 1 aliphatic rings. The van der Waals surface area contributed by atoms with Crippen molar-refractivity contribution in [3.05, 3.63) is 29.8 Å². The predicted octanol–water partition coefficient (Wildman–Crippen LogP) is 0.708. The molecule has 0 aromatic heterocycles. The van der Waals surface area contributed by atoms with Gasteiger partial charge in [-0.2, -0.15) is 13.2 Å². The van der Waals surface area contributed by atoms with Crippen LogP contribution in [0.1, 0.15) is 12.0 Å². The first-order valence-corrected chi connectivity index (χ1v) is 7.71. The minimum Gasteiger partial charge on any atom is -0.387 e. The number of alkyl halides is 3. The maximum atomic E-state index is 12.6. The fourth-order valence-corrected chi connectivity index (χ4v) is 3.20. The van der Waals surface area contributed by atoms with Gasteiger partial charge in [-0.25, -0.2) is 13.1 Å². The average molecular weight is 324 g/mol. The molecule has 2 rings (SSSR count). The molecule has 1 aliphatic heterocycles. The largest absolute Gasteiger partial charge is 0.416 e. The van der Waals surface area contributed by atoms with Gasteiger partial charge in [-0.05, 0) is 31.2 Å². The highest BCUT2D eigenvalue weighted by Gasteiger charge is 2.34. The lowest BCUT2D eigenvalue weighted by Gasteiger charge is -2.21. The van der Waals surface area contributed by atoms with Gasteiger partial charge in [-0.1, -0.05) is 6.07 Å². The molecule has 5 nitrogen and oxygen atoms in total. The Balaban J connectivity index is 2.16. The Morgan fingerprint density at radius 3 is 2.67 bits per heavy atom. The van der Waals surface area contributed by atoms with Gasteiger partial charge in [-0.3, -0.25) is 0 Å². The zero-order valence-corrected chi connectivity index (χ0v) is 11.8. The third-order valence-electron chi connectivity index (χ3n) is 3.28. The quantitative estimate of drug-likeness (QED) is 0.762. The van der Waals surface area contributed by atoms with E-state index in [1.54, 1.807) is 0 Å². The van der Waals surface area contributed by atoms with Crippen LogP contribution in [0, 0.1) is 0 Å². The van der Waals surface area contributed by atoms with Crippen molar-refractivity contribution < 1.29 is 26.7 Å².